The molecule has 240 valence electrons. The summed E-state index contributed by atoms with van der Waals surface area (Å²) >= 11 is 12.0. The summed E-state index contributed by atoms with van der Waals surface area (Å²) in [6, 6.07) is 16.5. The SMILES string of the molecule is COCCC(=O)Nc1cn(-c2ccc3ncnc(Nc4c(F)ccc(NS(=O)(=O)c5cccc(Cl)c5Cl)c4F)c3n2)c2ccccc12. The first-order valence-electron chi connectivity index (χ1n) is 13.8. The zero-order chi connectivity index (χ0) is 33.3. The average Bonchev–Trinajstić information content (AvgIpc) is 3.42. The average molecular weight is 699 g/mol. The van der Waals surface area contributed by atoms with E-state index in [0.29, 0.717) is 17.0 Å². The van der Waals surface area contributed by atoms with Crippen LogP contribution in [0.25, 0.3) is 27.8 Å². The maximum Gasteiger partial charge on any atom is 0.263 e. The highest BCUT2D eigenvalue weighted by atomic mass is 35.5. The van der Waals surface area contributed by atoms with E-state index >= 15 is 8.78 Å². The van der Waals surface area contributed by atoms with Gasteiger partial charge in [0.15, 0.2) is 11.6 Å². The Kier molecular flexibility index (Phi) is 8.92. The van der Waals surface area contributed by atoms with Crippen LogP contribution in [-0.4, -0.2) is 47.6 Å². The van der Waals surface area contributed by atoms with Crippen molar-refractivity contribution in [2.24, 2.45) is 0 Å². The quantitative estimate of drug-likeness (QED) is 0.138. The van der Waals surface area contributed by atoms with Crippen LogP contribution in [0, 0.1) is 11.6 Å². The van der Waals surface area contributed by atoms with Crippen LogP contribution in [0.1, 0.15) is 6.42 Å². The van der Waals surface area contributed by atoms with E-state index in [0.717, 1.165) is 23.0 Å². The fourth-order valence-electron chi connectivity index (χ4n) is 4.79. The van der Waals surface area contributed by atoms with Gasteiger partial charge in [0.2, 0.25) is 5.91 Å². The molecular formula is C31H23Cl2F2N7O4S. The normalized spacial score (nSPS) is 11.6. The summed E-state index contributed by atoms with van der Waals surface area (Å²) in [6.45, 7) is 0.263. The van der Waals surface area contributed by atoms with Crippen molar-refractivity contribution in [3.63, 3.8) is 0 Å². The smallest absolute Gasteiger partial charge is 0.263 e. The van der Waals surface area contributed by atoms with Crippen molar-refractivity contribution in [1.82, 2.24) is 19.5 Å². The Morgan fingerprint density at radius 3 is 2.60 bits per heavy atom. The Morgan fingerprint density at radius 2 is 1.79 bits per heavy atom. The summed E-state index contributed by atoms with van der Waals surface area (Å²) < 4.78 is 65.7. The van der Waals surface area contributed by atoms with E-state index in [9.17, 15) is 13.2 Å². The standard InChI is InChI=1S/C31H23Cl2F2N7O4S/c1-46-14-13-26(43)38-22-15-42(23-7-3-2-5-17(22)23)25-12-11-21-30(39-25)31(37-16-36-21)40-29-19(34)9-10-20(28(29)35)41-47(44,45)24-8-4-6-18(32)27(24)33/h2-12,15-16,41H,13-14H2,1H3,(H,38,43)(H,36,37,40). The third-order valence-electron chi connectivity index (χ3n) is 7.02. The molecule has 0 saturated heterocycles. The van der Waals surface area contributed by atoms with Crippen molar-refractivity contribution in [2.45, 2.75) is 11.3 Å². The third kappa shape index (κ3) is 6.40. The first kappa shape index (κ1) is 32.1. The van der Waals surface area contributed by atoms with Gasteiger partial charge >= 0.3 is 0 Å². The number of fused-ring (bicyclic) bond motifs is 2. The molecule has 3 heterocycles. The number of nitrogens with one attached hydrogen (secondary N) is 3. The second kappa shape index (κ2) is 13.1. The van der Waals surface area contributed by atoms with E-state index in [1.165, 1.54) is 31.6 Å². The van der Waals surface area contributed by atoms with Crippen LogP contribution in [0.4, 0.5) is 31.7 Å². The number of ether oxygens (including phenoxy) is 1. The summed E-state index contributed by atoms with van der Waals surface area (Å²) in [4.78, 5) is 25.1. The minimum Gasteiger partial charge on any atom is -0.384 e. The highest BCUT2D eigenvalue weighted by molar-refractivity contribution is 7.92. The minimum atomic E-state index is -4.42. The van der Waals surface area contributed by atoms with Crippen LogP contribution in [0.15, 0.2) is 84.1 Å². The van der Waals surface area contributed by atoms with Gasteiger partial charge in [0.1, 0.15) is 34.1 Å². The van der Waals surface area contributed by atoms with Gasteiger partial charge in [-0.3, -0.25) is 14.1 Å². The number of aromatic nitrogens is 4. The van der Waals surface area contributed by atoms with Crippen LogP contribution in [0.3, 0.4) is 0 Å². The van der Waals surface area contributed by atoms with E-state index in [1.807, 2.05) is 24.3 Å². The summed E-state index contributed by atoms with van der Waals surface area (Å²) in [7, 11) is -2.91. The van der Waals surface area contributed by atoms with Crippen molar-refractivity contribution >= 4 is 83.9 Å². The second-order valence-corrected chi connectivity index (χ2v) is 12.5. The third-order valence-corrected chi connectivity index (χ3v) is 9.36. The molecule has 0 atom stereocenters. The van der Waals surface area contributed by atoms with Crippen LogP contribution in [-0.2, 0) is 19.6 Å². The van der Waals surface area contributed by atoms with Crippen LogP contribution in [0.5, 0.6) is 0 Å². The molecule has 11 nitrogen and oxygen atoms in total. The number of pyridine rings is 1. The molecule has 47 heavy (non-hydrogen) atoms. The van der Waals surface area contributed by atoms with Gasteiger partial charge in [-0.2, -0.15) is 0 Å². The lowest BCUT2D eigenvalue weighted by atomic mass is 10.2. The summed E-state index contributed by atoms with van der Waals surface area (Å²) in [5, 5.41) is 5.98. The molecule has 0 fully saturated rings. The van der Waals surface area contributed by atoms with Gasteiger partial charge in [-0.15, -0.1) is 0 Å². The van der Waals surface area contributed by atoms with Crippen molar-refractivity contribution in [3.05, 3.63) is 101 Å². The summed E-state index contributed by atoms with van der Waals surface area (Å²) in [6.07, 6.45) is 3.07. The van der Waals surface area contributed by atoms with E-state index in [4.69, 9.17) is 32.9 Å². The number of hydrogen-bond donors (Lipinski definition) is 3. The Balaban J connectivity index is 1.37. The molecule has 3 aromatic carbocycles. The van der Waals surface area contributed by atoms with Crippen LogP contribution < -0.4 is 15.4 Å². The van der Waals surface area contributed by atoms with Crippen LogP contribution in [0.2, 0.25) is 10.0 Å². The number of methoxy groups -OCH3 is 1. The van der Waals surface area contributed by atoms with Gasteiger partial charge in [0.05, 0.1) is 45.5 Å². The highest BCUT2D eigenvalue weighted by Crippen LogP contribution is 2.35. The van der Waals surface area contributed by atoms with Crippen LogP contribution >= 0.6 is 23.2 Å². The molecule has 0 unspecified atom stereocenters. The van der Waals surface area contributed by atoms with E-state index in [1.54, 1.807) is 22.9 Å². The van der Waals surface area contributed by atoms with Gasteiger partial charge in [0.25, 0.3) is 10.0 Å². The van der Waals surface area contributed by atoms with E-state index in [2.05, 4.69) is 25.3 Å². The number of nitrogens with zero attached hydrogens (tertiary/aromatic N) is 4. The first-order chi connectivity index (χ1) is 22.6. The van der Waals surface area contributed by atoms with Gasteiger partial charge in [-0.1, -0.05) is 47.5 Å². The maximum absolute atomic E-state index is 15.7. The number of anilines is 4. The predicted octanol–water partition coefficient (Wildman–Crippen LogP) is 7.07. The molecule has 6 rings (SSSR count). The number of carbonyl (C=O) groups is 1. The fraction of sp³-hybridized carbons (Fsp3) is 0.0968. The number of amides is 1. The number of halogens is 4. The van der Waals surface area contributed by atoms with Gasteiger partial charge < -0.3 is 15.4 Å². The lowest BCUT2D eigenvalue weighted by molar-refractivity contribution is -0.117. The Labute approximate surface area is 276 Å². The molecule has 0 aliphatic heterocycles. The molecule has 0 aliphatic carbocycles. The lowest BCUT2D eigenvalue weighted by Crippen LogP contribution is -2.15. The number of para-hydroxylation sites is 1. The molecule has 0 spiro atoms. The van der Waals surface area contributed by atoms with Gasteiger partial charge in [-0.05, 0) is 42.5 Å². The number of carbonyl (C=O) groups excluding carboxylic acids is 1. The number of rotatable bonds is 10. The number of benzene rings is 3. The van der Waals surface area contributed by atoms with E-state index < -0.39 is 37.9 Å². The summed E-state index contributed by atoms with van der Waals surface area (Å²) in [5.74, 6) is -2.17. The minimum absolute atomic E-state index is 0.0186. The maximum atomic E-state index is 15.7. The predicted molar refractivity (Wildman–Crippen MR) is 176 cm³/mol. The summed E-state index contributed by atoms with van der Waals surface area (Å²) in [5.41, 5.74) is 0.532. The zero-order valence-corrected chi connectivity index (χ0v) is 26.6. The van der Waals surface area contributed by atoms with Gasteiger partial charge in [-0.25, -0.2) is 32.2 Å². The van der Waals surface area contributed by atoms with Crippen molar-refractivity contribution in [3.8, 4) is 5.82 Å². The topological polar surface area (TPSA) is 140 Å². The molecule has 0 radical (unpaired) electrons. The monoisotopic (exact) mass is 697 g/mol. The Morgan fingerprint density at radius 1 is 0.979 bits per heavy atom. The lowest BCUT2D eigenvalue weighted by Gasteiger charge is -2.15. The molecule has 1 amide bonds. The number of hydrogen-bond acceptors (Lipinski definition) is 8. The largest absolute Gasteiger partial charge is 0.384 e. The highest BCUT2D eigenvalue weighted by Gasteiger charge is 2.24. The number of sulfonamides is 1. The molecule has 6 aromatic rings. The molecule has 16 heteroatoms. The fourth-order valence-corrected chi connectivity index (χ4v) is 6.61. The Hall–Kier alpha value is -4.89. The molecular weight excluding hydrogens is 675 g/mol. The van der Waals surface area contributed by atoms with E-state index in [-0.39, 0.29) is 40.3 Å². The molecule has 3 N–H and O–H groups in total. The van der Waals surface area contributed by atoms with Crippen molar-refractivity contribution in [1.29, 1.82) is 0 Å². The molecule has 3 aromatic heterocycles. The molecule has 0 saturated carbocycles. The Bertz CT molecular complexity index is 2290. The van der Waals surface area contributed by atoms with Crippen molar-refractivity contribution in [2.75, 3.05) is 29.1 Å². The molecule has 0 bridgehead atoms. The second-order valence-electron chi connectivity index (χ2n) is 10.0. The first-order valence-corrected chi connectivity index (χ1v) is 16.0. The van der Waals surface area contributed by atoms with Gasteiger partial charge in [0, 0.05) is 18.7 Å². The van der Waals surface area contributed by atoms with Crippen molar-refractivity contribution < 1.29 is 26.7 Å². The zero-order valence-electron chi connectivity index (χ0n) is 24.3. The molecule has 0 aliphatic rings.